The van der Waals surface area contributed by atoms with Crippen molar-refractivity contribution in [2.24, 2.45) is 7.05 Å². The molecule has 0 bridgehead atoms. The minimum atomic E-state index is -1.05. The number of amides is 1. The second-order valence-electron chi connectivity index (χ2n) is 6.48. The van der Waals surface area contributed by atoms with Crippen molar-refractivity contribution in [2.45, 2.75) is 12.3 Å². The summed E-state index contributed by atoms with van der Waals surface area (Å²) in [6.07, 6.45) is 0.0963. The van der Waals surface area contributed by atoms with Crippen LogP contribution in [0.4, 0.5) is 20.3 Å². The average molecular weight is 402 g/mol. The Morgan fingerprint density at radius 2 is 1.89 bits per heavy atom. The van der Waals surface area contributed by atoms with Crippen molar-refractivity contribution in [3.8, 4) is 5.75 Å². The minimum Gasteiger partial charge on any atom is -0.497 e. The quantitative estimate of drug-likeness (QED) is 0.667. The highest BCUT2D eigenvalue weighted by Gasteiger charge is 2.37. The number of carbonyl (C=O) groups excluding carboxylic acids is 1. The zero-order valence-electron chi connectivity index (χ0n) is 15.1. The summed E-state index contributed by atoms with van der Waals surface area (Å²) in [5, 5.41) is 0. The van der Waals surface area contributed by atoms with Gasteiger partial charge in [-0.1, -0.05) is 23.5 Å². The van der Waals surface area contributed by atoms with Gasteiger partial charge in [0.1, 0.15) is 11.6 Å². The second-order valence-corrected chi connectivity index (χ2v) is 7.47. The molecule has 4 rings (SSSR count). The van der Waals surface area contributed by atoms with Crippen LogP contribution in [0.3, 0.4) is 0 Å². The zero-order chi connectivity index (χ0) is 20.0. The molecule has 0 spiro atoms. The van der Waals surface area contributed by atoms with Crippen molar-refractivity contribution in [3.05, 3.63) is 74.2 Å². The van der Waals surface area contributed by atoms with Gasteiger partial charge in [-0.05, 0) is 29.8 Å². The molecule has 2 heterocycles. The Kier molecular flexibility index (Phi) is 4.50. The van der Waals surface area contributed by atoms with E-state index in [1.165, 1.54) is 15.5 Å². The maximum atomic E-state index is 13.8. The van der Waals surface area contributed by atoms with E-state index >= 15 is 0 Å². The Morgan fingerprint density at radius 3 is 2.61 bits per heavy atom. The number of methoxy groups -OCH3 is 1. The molecule has 0 aliphatic carbocycles. The summed E-state index contributed by atoms with van der Waals surface area (Å²) in [6.45, 7) is 0. The molecule has 1 atom stereocenters. The number of hydrogen-bond donors (Lipinski definition) is 0. The maximum Gasteiger partial charge on any atom is 0.308 e. The number of fused-ring (bicyclic) bond motifs is 1. The van der Waals surface area contributed by atoms with Gasteiger partial charge >= 0.3 is 4.87 Å². The Morgan fingerprint density at radius 1 is 1.11 bits per heavy atom. The Labute approximate surface area is 163 Å². The molecule has 0 radical (unpaired) electrons. The molecule has 28 heavy (non-hydrogen) atoms. The average Bonchev–Trinajstić information content (AvgIpc) is 2.98. The van der Waals surface area contributed by atoms with Crippen LogP contribution in [0.5, 0.6) is 5.75 Å². The lowest BCUT2D eigenvalue weighted by atomic mass is 9.90. The van der Waals surface area contributed by atoms with Crippen LogP contribution in [-0.2, 0) is 11.8 Å². The van der Waals surface area contributed by atoms with Crippen LogP contribution in [0.25, 0.3) is 0 Å². The van der Waals surface area contributed by atoms with E-state index in [0.29, 0.717) is 16.4 Å². The van der Waals surface area contributed by atoms with Crippen LogP contribution in [-0.4, -0.2) is 17.6 Å². The van der Waals surface area contributed by atoms with E-state index in [4.69, 9.17) is 4.74 Å². The number of benzene rings is 2. The SMILES string of the molecule is COc1cccc(C2CC(=O)N(c3ccc(F)c(F)c3)c3c2sc(=O)n3C)c1. The van der Waals surface area contributed by atoms with Crippen molar-refractivity contribution in [3.63, 3.8) is 0 Å². The molecule has 1 amide bonds. The predicted molar refractivity (Wildman–Crippen MR) is 103 cm³/mol. The maximum absolute atomic E-state index is 13.8. The van der Waals surface area contributed by atoms with E-state index < -0.39 is 11.6 Å². The lowest BCUT2D eigenvalue weighted by Gasteiger charge is -2.32. The number of rotatable bonds is 3. The molecule has 1 aliphatic rings. The summed E-state index contributed by atoms with van der Waals surface area (Å²) in [5.74, 6) is -1.65. The highest BCUT2D eigenvalue weighted by Crippen LogP contribution is 2.45. The summed E-state index contributed by atoms with van der Waals surface area (Å²) in [7, 11) is 3.12. The number of halogens is 2. The molecule has 1 aromatic heterocycles. The van der Waals surface area contributed by atoms with Crippen molar-refractivity contribution < 1.29 is 18.3 Å². The number of carbonyl (C=O) groups is 1. The van der Waals surface area contributed by atoms with Gasteiger partial charge in [0, 0.05) is 25.5 Å². The van der Waals surface area contributed by atoms with Gasteiger partial charge in [-0.3, -0.25) is 19.1 Å². The molecule has 1 unspecified atom stereocenters. The minimum absolute atomic E-state index is 0.0963. The highest BCUT2D eigenvalue weighted by atomic mass is 32.1. The van der Waals surface area contributed by atoms with Crippen molar-refractivity contribution in [2.75, 3.05) is 12.0 Å². The Balaban J connectivity index is 1.89. The van der Waals surface area contributed by atoms with E-state index in [2.05, 4.69) is 0 Å². The molecular weight excluding hydrogens is 386 g/mol. The fourth-order valence-electron chi connectivity index (χ4n) is 3.44. The third-order valence-corrected chi connectivity index (χ3v) is 5.96. The van der Waals surface area contributed by atoms with Gasteiger partial charge < -0.3 is 4.74 Å². The molecule has 1 aliphatic heterocycles. The third-order valence-electron chi connectivity index (χ3n) is 4.82. The summed E-state index contributed by atoms with van der Waals surface area (Å²) in [5.41, 5.74) is 1.03. The smallest absolute Gasteiger partial charge is 0.308 e. The first-order valence-corrected chi connectivity index (χ1v) is 9.34. The van der Waals surface area contributed by atoms with Crippen LogP contribution >= 0.6 is 11.3 Å². The number of thiazole rings is 1. The van der Waals surface area contributed by atoms with Gasteiger partial charge in [-0.25, -0.2) is 8.78 Å². The normalized spacial score (nSPS) is 16.2. The van der Waals surface area contributed by atoms with Crippen molar-refractivity contribution in [1.82, 2.24) is 4.57 Å². The van der Waals surface area contributed by atoms with E-state index in [-0.39, 0.29) is 28.8 Å². The molecule has 0 saturated carbocycles. The summed E-state index contributed by atoms with van der Waals surface area (Å²) >= 11 is 1.05. The lowest BCUT2D eigenvalue weighted by Crippen LogP contribution is -2.34. The van der Waals surface area contributed by atoms with Crippen LogP contribution in [0, 0.1) is 11.6 Å². The number of nitrogens with zero attached hydrogens (tertiary/aromatic N) is 2. The standard InChI is InChI=1S/C20H16F2N2O3S/c1-23-19-18(28-20(23)26)14(11-4-3-5-13(8-11)27-2)10-17(25)24(19)12-6-7-15(21)16(22)9-12/h3-9,14H,10H2,1-2H3. The number of hydrogen-bond acceptors (Lipinski definition) is 4. The summed E-state index contributed by atoms with van der Waals surface area (Å²) < 4.78 is 33.8. The van der Waals surface area contributed by atoms with E-state index in [1.807, 2.05) is 18.2 Å². The Bertz CT molecular complexity index is 1140. The van der Waals surface area contributed by atoms with Crippen LogP contribution in [0.15, 0.2) is 47.3 Å². The molecule has 0 saturated heterocycles. The number of ether oxygens (including phenoxy) is 1. The summed E-state index contributed by atoms with van der Waals surface area (Å²) in [6, 6.07) is 10.6. The largest absolute Gasteiger partial charge is 0.497 e. The van der Waals surface area contributed by atoms with Crippen LogP contribution < -0.4 is 14.5 Å². The lowest BCUT2D eigenvalue weighted by molar-refractivity contribution is -0.118. The molecule has 3 aromatic rings. The predicted octanol–water partition coefficient (Wildman–Crippen LogP) is 3.93. The van der Waals surface area contributed by atoms with Crippen LogP contribution in [0.2, 0.25) is 0 Å². The fourth-order valence-corrected chi connectivity index (χ4v) is 4.53. The van der Waals surface area contributed by atoms with Crippen LogP contribution in [0.1, 0.15) is 22.8 Å². The highest BCUT2D eigenvalue weighted by molar-refractivity contribution is 7.10. The second kappa shape index (κ2) is 6.87. The first-order chi connectivity index (χ1) is 13.4. The molecule has 2 aromatic carbocycles. The molecule has 0 fully saturated rings. The van der Waals surface area contributed by atoms with Gasteiger partial charge in [-0.2, -0.15) is 0 Å². The van der Waals surface area contributed by atoms with Crippen molar-refractivity contribution >= 4 is 28.7 Å². The number of anilines is 2. The zero-order valence-corrected chi connectivity index (χ0v) is 15.9. The first-order valence-electron chi connectivity index (χ1n) is 8.52. The van der Waals surface area contributed by atoms with Gasteiger partial charge in [0.25, 0.3) is 0 Å². The third kappa shape index (κ3) is 2.90. The first kappa shape index (κ1) is 18.4. The van der Waals surface area contributed by atoms with E-state index in [0.717, 1.165) is 29.0 Å². The molecule has 5 nitrogen and oxygen atoms in total. The molecule has 144 valence electrons. The topological polar surface area (TPSA) is 51.5 Å². The fraction of sp³-hybridized carbons (Fsp3) is 0.200. The van der Waals surface area contributed by atoms with Gasteiger partial charge in [0.05, 0.1) is 17.7 Å². The monoisotopic (exact) mass is 402 g/mol. The molecule has 0 N–H and O–H groups in total. The van der Waals surface area contributed by atoms with E-state index in [9.17, 15) is 18.4 Å². The molecular formula is C20H16F2N2O3S. The molecule has 8 heteroatoms. The van der Waals surface area contributed by atoms with Gasteiger partial charge in [0.2, 0.25) is 5.91 Å². The van der Waals surface area contributed by atoms with Gasteiger partial charge in [0.15, 0.2) is 11.6 Å². The van der Waals surface area contributed by atoms with Crippen molar-refractivity contribution in [1.29, 1.82) is 0 Å². The Hall–Kier alpha value is -3.00. The van der Waals surface area contributed by atoms with E-state index in [1.54, 1.807) is 20.2 Å². The summed E-state index contributed by atoms with van der Waals surface area (Å²) in [4.78, 5) is 27.2. The number of aromatic nitrogens is 1. The van der Waals surface area contributed by atoms with Gasteiger partial charge in [-0.15, -0.1) is 0 Å².